The number of halogens is 1. The van der Waals surface area contributed by atoms with Crippen molar-refractivity contribution in [3.63, 3.8) is 0 Å². The predicted molar refractivity (Wildman–Crippen MR) is 56.5 cm³/mol. The molecule has 1 rings (SSSR count). The highest BCUT2D eigenvalue weighted by molar-refractivity contribution is 6.31. The highest BCUT2D eigenvalue weighted by Gasteiger charge is 2.10. The van der Waals surface area contributed by atoms with E-state index in [1.54, 1.807) is 0 Å². The summed E-state index contributed by atoms with van der Waals surface area (Å²) in [4.78, 5) is 0. The Labute approximate surface area is 84.1 Å². The second-order valence-electron chi connectivity index (χ2n) is 3.15. The van der Waals surface area contributed by atoms with Gasteiger partial charge in [0.2, 0.25) is 0 Å². The van der Waals surface area contributed by atoms with Gasteiger partial charge in [0.15, 0.2) is 0 Å². The number of rotatable bonds is 3. The molecule has 1 unspecified atom stereocenters. The lowest BCUT2D eigenvalue weighted by Crippen LogP contribution is -2.27. The highest BCUT2D eigenvalue weighted by Crippen LogP contribution is 2.25. The summed E-state index contributed by atoms with van der Waals surface area (Å²) in [5.41, 5.74) is 5.03. The molecule has 0 saturated heterocycles. The van der Waals surface area contributed by atoms with Gasteiger partial charge in [-0.25, -0.2) is 0 Å². The maximum absolute atomic E-state index is 6.05. The molecule has 3 heteroatoms. The zero-order valence-corrected chi connectivity index (χ0v) is 8.73. The fraction of sp³-hybridized carbons (Fsp3) is 0.400. The summed E-state index contributed by atoms with van der Waals surface area (Å²) in [6.07, 6.45) is 0.930. The van der Waals surface area contributed by atoms with E-state index < -0.39 is 0 Å². The molecule has 0 radical (unpaired) electrons. The van der Waals surface area contributed by atoms with Gasteiger partial charge in [0.25, 0.3) is 0 Å². The van der Waals surface area contributed by atoms with Crippen LogP contribution in [0.2, 0.25) is 5.02 Å². The number of aryl methyl sites for hydroxylation is 1. The van der Waals surface area contributed by atoms with Gasteiger partial charge in [-0.05, 0) is 25.0 Å². The van der Waals surface area contributed by atoms with E-state index >= 15 is 0 Å². The van der Waals surface area contributed by atoms with Crippen LogP contribution in [0.3, 0.4) is 0 Å². The van der Waals surface area contributed by atoms with Crippen LogP contribution in [-0.4, -0.2) is 0 Å². The number of benzene rings is 1. The average molecular weight is 199 g/mol. The van der Waals surface area contributed by atoms with Crippen molar-refractivity contribution >= 4 is 11.6 Å². The first-order valence-electron chi connectivity index (χ1n) is 4.41. The molecule has 0 heterocycles. The molecule has 0 amide bonds. The van der Waals surface area contributed by atoms with Gasteiger partial charge in [-0.1, -0.05) is 36.2 Å². The number of hydrazine groups is 1. The Balaban J connectivity index is 3.03. The molecule has 3 N–H and O–H groups in total. The molecule has 1 aromatic rings. The monoisotopic (exact) mass is 198 g/mol. The Kier molecular flexibility index (Phi) is 3.72. The topological polar surface area (TPSA) is 38.0 Å². The molecular weight excluding hydrogens is 184 g/mol. The minimum atomic E-state index is 0.146. The first-order chi connectivity index (χ1) is 6.19. The van der Waals surface area contributed by atoms with E-state index in [-0.39, 0.29) is 6.04 Å². The number of nitrogens with one attached hydrogen (secondary N) is 1. The van der Waals surface area contributed by atoms with E-state index in [0.29, 0.717) is 0 Å². The van der Waals surface area contributed by atoms with Crippen molar-refractivity contribution in [3.05, 3.63) is 34.3 Å². The predicted octanol–water partition coefficient (Wildman–Crippen LogP) is 2.56. The van der Waals surface area contributed by atoms with Crippen molar-refractivity contribution in [2.45, 2.75) is 26.3 Å². The molecule has 0 aromatic heterocycles. The van der Waals surface area contributed by atoms with Crippen molar-refractivity contribution < 1.29 is 0 Å². The standard InChI is InChI=1S/C10H15ClN2/c1-3-10(13-12)8-6-7(2)4-5-9(8)11/h4-6,10,13H,3,12H2,1-2H3. The molecule has 72 valence electrons. The van der Waals surface area contributed by atoms with Gasteiger partial charge < -0.3 is 0 Å². The summed E-state index contributed by atoms with van der Waals surface area (Å²) in [6, 6.07) is 6.12. The Hall–Kier alpha value is -0.570. The lowest BCUT2D eigenvalue weighted by Gasteiger charge is -2.15. The van der Waals surface area contributed by atoms with Crippen LogP contribution in [0.4, 0.5) is 0 Å². The maximum atomic E-state index is 6.05. The second kappa shape index (κ2) is 4.61. The number of nitrogens with two attached hydrogens (primary N) is 1. The normalized spacial score (nSPS) is 12.9. The van der Waals surface area contributed by atoms with Crippen molar-refractivity contribution in [1.29, 1.82) is 0 Å². The molecule has 2 nitrogen and oxygen atoms in total. The highest BCUT2D eigenvalue weighted by atomic mass is 35.5. The summed E-state index contributed by atoms with van der Waals surface area (Å²) in [5, 5.41) is 0.774. The summed E-state index contributed by atoms with van der Waals surface area (Å²) in [7, 11) is 0. The number of hydrogen-bond donors (Lipinski definition) is 2. The molecule has 0 aliphatic rings. The van der Waals surface area contributed by atoms with Crippen LogP contribution in [0.5, 0.6) is 0 Å². The second-order valence-corrected chi connectivity index (χ2v) is 3.56. The molecule has 0 spiro atoms. The minimum Gasteiger partial charge on any atom is -0.271 e. The third-order valence-corrected chi connectivity index (χ3v) is 2.48. The van der Waals surface area contributed by atoms with Gasteiger partial charge >= 0.3 is 0 Å². The van der Waals surface area contributed by atoms with E-state index in [0.717, 1.165) is 17.0 Å². The van der Waals surface area contributed by atoms with Crippen molar-refractivity contribution in [2.24, 2.45) is 5.84 Å². The largest absolute Gasteiger partial charge is 0.271 e. The zero-order valence-electron chi connectivity index (χ0n) is 7.97. The molecular formula is C10H15ClN2. The van der Waals surface area contributed by atoms with Gasteiger partial charge in [-0.2, -0.15) is 0 Å². The van der Waals surface area contributed by atoms with Crippen molar-refractivity contribution in [3.8, 4) is 0 Å². The van der Waals surface area contributed by atoms with Gasteiger partial charge in [0, 0.05) is 11.1 Å². The van der Waals surface area contributed by atoms with Crippen LogP contribution in [0.15, 0.2) is 18.2 Å². The van der Waals surface area contributed by atoms with Gasteiger partial charge in [-0.3, -0.25) is 11.3 Å². The third kappa shape index (κ3) is 2.44. The average Bonchev–Trinajstić information content (AvgIpc) is 2.13. The van der Waals surface area contributed by atoms with E-state index in [1.165, 1.54) is 5.56 Å². The molecule has 0 fully saturated rings. The lowest BCUT2D eigenvalue weighted by atomic mass is 10.0. The molecule has 0 aliphatic carbocycles. The lowest BCUT2D eigenvalue weighted by molar-refractivity contribution is 0.539. The Morgan fingerprint density at radius 3 is 2.77 bits per heavy atom. The van der Waals surface area contributed by atoms with Crippen molar-refractivity contribution in [1.82, 2.24) is 5.43 Å². The Morgan fingerprint density at radius 1 is 1.54 bits per heavy atom. The van der Waals surface area contributed by atoms with Gasteiger partial charge in [-0.15, -0.1) is 0 Å². The molecule has 0 bridgehead atoms. The molecule has 0 aliphatic heterocycles. The van der Waals surface area contributed by atoms with E-state index in [4.69, 9.17) is 17.4 Å². The van der Waals surface area contributed by atoms with E-state index in [2.05, 4.69) is 18.4 Å². The molecule has 1 atom stereocenters. The van der Waals surface area contributed by atoms with Gasteiger partial charge in [0.05, 0.1) is 0 Å². The van der Waals surface area contributed by atoms with Crippen LogP contribution in [-0.2, 0) is 0 Å². The van der Waals surface area contributed by atoms with Crippen LogP contribution < -0.4 is 11.3 Å². The molecule has 0 saturated carbocycles. The first kappa shape index (κ1) is 10.5. The molecule has 13 heavy (non-hydrogen) atoms. The Morgan fingerprint density at radius 2 is 2.23 bits per heavy atom. The summed E-state index contributed by atoms with van der Waals surface area (Å²) in [5.74, 6) is 5.43. The SMILES string of the molecule is CCC(NN)c1cc(C)ccc1Cl. The maximum Gasteiger partial charge on any atom is 0.0472 e. The minimum absolute atomic E-state index is 0.146. The number of hydrogen-bond acceptors (Lipinski definition) is 2. The fourth-order valence-corrected chi connectivity index (χ4v) is 1.61. The Bertz CT molecular complexity index is 282. The van der Waals surface area contributed by atoms with Crippen LogP contribution in [0.25, 0.3) is 0 Å². The van der Waals surface area contributed by atoms with E-state index in [9.17, 15) is 0 Å². The van der Waals surface area contributed by atoms with E-state index in [1.807, 2.05) is 19.1 Å². The van der Waals surface area contributed by atoms with Crippen LogP contribution >= 0.6 is 11.6 Å². The fourth-order valence-electron chi connectivity index (χ4n) is 1.36. The van der Waals surface area contributed by atoms with Crippen LogP contribution in [0.1, 0.15) is 30.5 Å². The third-order valence-electron chi connectivity index (χ3n) is 2.14. The first-order valence-corrected chi connectivity index (χ1v) is 4.79. The molecule has 1 aromatic carbocycles. The smallest absolute Gasteiger partial charge is 0.0472 e. The van der Waals surface area contributed by atoms with Crippen molar-refractivity contribution in [2.75, 3.05) is 0 Å². The van der Waals surface area contributed by atoms with Crippen LogP contribution in [0, 0.1) is 6.92 Å². The quantitative estimate of drug-likeness (QED) is 0.579. The van der Waals surface area contributed by atoms with Gasteiger partial charge in [0.1, 0.15) is 0 Å². The summed E-state index contributed by atoms with van der Waals surface area (Å²) in [6.45, 7) is 4.12. The summed E-state index contributed by atoms with van der Waals surface area (Å²) < 4.78 is 0. The zero-order chi connectivity index (χ0) is 9.84. The summed E-state index contributed by atoms with van der Waals surface area (Å²) >= 11 is 6.05.